The summed E-state index contributed by atoms with van der Waals surface area (Å²) >= 11 is 9.23. The van der Waals surface area contributed by atoms with Crippen molar-refractivity contribution < 1.29 is 4.39 Å². The summed E-state index contributed by atoms with van der Waals surface area (Å²) in [6.45, 7) is 0.335. The van der Waals surface area contributed by atoms with Crippen molar-refractivity contribution in [1.29, 1.82) is 0 Å². The molecule has 0 unspecified atom stereocenters. The van der Waals surface area contributed by atoms with Crippen molar-refractivity contribution in [3.63, 3.8) is 0 Å². The van der Waals surface area contributed by atoms with Crippen molar-refractivity contribution in [3.05, 3.63) is 57.4 Å². The van der Waals surface area contributed by atoms with E-state index >= 15 is 0 Å². The van der Waals surface area contributed by atoms with Gasteiger partial charge in [0.15, 0.2) is 0 Å². The highest BCUT2D eigenvalue weighted by atomic mass is 79.9. The van der Waals surface area contributed by atoms with E-state index in [0.29, 0.717) is 22.9 Å². The van der Waals surface area contributed by atoms with Gasteiger partial charge in [-0.25, -0.2) is 9.37 Å². The van der Waals surface area contributed by atoms with Gasteiger partial charge in [0.05, 0.1) is 5.02 Å². The van der Waals surface area contributed by atoms with Crippen LogP contribution in [0.4, 0.5) is 10.2 Å². The van der Waals surface area contributed by atoms with Crippen molar-refractivity contribution in [2.75, 3.05) is 5.32 Å². The molecule has 1 aromatic heterocycles. The van der Waals surface area contributed by atoms with E-state index in [1.165, 1.54) is 6.07 Å². The van der Waals surface area contributed by atoms with Crippen LogP contribution in [0.25, 0.3) is 0 Å². The fourth-order valence-corrected chi connectivity index (χ4v) is 1.97. The molecule has 0 aliphatic heterocycles. The summed E-state index contributed by atoms with van der Waals surface area (Å²) in [5.41, 5.74) is 0.557. The maximum Gasteiger partial charge on any atom is 0.145 e. The molecule has 0 saturated carbocycles. The molecular weight excluding hydrogens is 307 g/mol. The van der Waals surface area contributed by atoms with Crippen molar-refractivity contribution in [2.45, 2.75) is 6.54 Å². The number of benzene rings is 1. The van der Waals surface area contributed by atoms with Crippen LogP contribution < -0.4 is 5.32 Å². The van der Waals surface area contributed by atoms with Crippen molar-refractivity contribution in [3.8, 4) is 0 Å². The summed E-state index contributed by atoms with van der Waals surface area (Å²) in [4.78, 5) is 4.07. The fraction of sp³-hybridized carbons (Fsp3) is 0.0833. The quantitative estimate of drug-likeness (QED) is 0.916. The van der Waals surface area contributed by atoms with Gasteiger partial charge in [-0.3, -0.25) is 0 Å². The maximum atomic E-state index is 13.5. The number of pyridine rings is 1. The third-order valence-electron chi connectivity index (χ3n) is 2.21. The minimum atomic E-state index is -0.257. The Kier molecular flexibility index (Phi) is 3.97. The van der Waals surface area contributed by atoms with Crippen molar-refractivity contribution in [2.24, 2.45) is 0 Å². The number of aromatic nitrogens is 1. The molecule has 0 aliphatic carbocycles. The number of hydrogen-bond donors (Lipinski definition) is 1. The van der Waals surface area contributed by atoms with Crippen molar-refractivity contribution >= 4 is 33.3 Å². The molecule has 1 aromatic carbocycles. The van der Waals surface area contributed by atoms with Crippen LogP contribution in [0.3, 0.4) is 0 Å². The summed E-state index contributed by atoms with van der Waals surface area (Å²) < 4.78 is 14.3. The summed E-state index contributed by atoms with van der Waals surface area (Å²) in [6, 6.07) is 8.27. The van der Waals surface area contributed by atoms with Crippen LogP contribution in [0, 0.1) is 5.82 Å². The topological polar surface area (TPSA) is 24.9 Å². The molecule has 2 rings (SSSR count). The Balaban J connectivity index is 2.12. The first-order chi connectivity index (χ1) is 8.16. The smallest absolute Gasteiger partial charge is 0.145 e. The highest BCUT2D eigenvalue weighted by Crippen LogP contribution is 2.20. The largest absolute Gasteiger partial charge is 0.365 e. The van der Waals surface area contributed by atoms with Gasteiger partial charge in [0.1, 0.15) is 11.6 Å². The van der Waals surface area contributed by atoms with E-state index in [1.807, 2.05) is 0 Å². The van der Waals surface area contributed by atoms with E-state index in [9.17, 15) is 4.39 Å². The molecule has 88 valence electrons. The Morgan fingerprint density at radius 3 is 2.94 bits per heavy atom. The van der Waals surface area contributed by atoms with Gasteiger partial charge < -0.3 is 5.32 Å². The lowest BCUT2D eigenvalue weighted by atomic mass is 10.2. The molecule has 2 nitrogen and oxygen atoms in total. The standard InChI is InChI=1S/C12H9BrClFN2/c13-9-3-4-11(15)8(6-9)7-17-12-10(14)2-1-5-16-12/h1-6H,7H2,(H,16,17). The Morgan fingerprint density at radius 2 is 2.18 bits per heavy atom. The molecule has 0 spiro atoms. The predicted octanol–water partition coefficient (Wildman–Crippen LogP) is 4.25. The Labute approximate surface area is 112 Å². The Bertz CT molecular complexity index is 534. The average Bonchev–Trinajstić information content (AvgIpc) is 2.32. The predicted molar refractivity (Wildman–Crippen MR) is 70.7 cm³/mol. The zero-order valence-electron chi connectivity index (χ0n) is 8.75. The van der Waals surface area contributed by atoms with Gasteiger partial charge in [0.2, 0.25) is 0 Å². The zero-order valence-corrected chi connectivity index (χ0v) is 11.1. The van der Waals surface area contributed by atoms with E-state index < -0.39 is 0 Å². The third kappa shape index (κ3) is 3.17. The molecule has 17 heavy (non-hydrogen) atoms. The number of halogens is 3. The molecule has 5 heteroatoms. The summed E-state index contributed by atoms with van der Waals surface area (Å²) in [6.07, 6.45) is 1.63. The minimum Gasteiger partial charge on any atom is -0.365 e. The van der Waals surface area contributed by atoms with Gasteiger partial charge >= 0.3 is 0 Å². The molecule has 2 aromatic rings. The normalized spacial score (nSPS) is 10.3. The molecule has 0 fully saturated rings. The SMILES string of the molecule is Fc1ccc(Br)cc1CNc1ncccc1Cl. The average molecular weight is 316 g/mol. The number of anilines is 1. The van der Waals surface area contributed by atoms with Crippen LogP contribution in [0.15, 0.2) is 41.0 Å². The second-order valence-corrected chi connectivity index (χ2v) is 4.75. The summed E-state index contributed by atoms with van der Waals surface area (Å²) in [5.74, 6) is 0.293. The Hall–Kier alpha value is -1.13. The maximum absolute atomic E-state index is 13.5. The molecule has 0 saturated heterocycles. The molecule has 1 heterocycles. The van der Waals surface area contributed by atoms with E-state index in [-0.39, 0.29) is 5.82 Å². The van der Waals surface area contributed by atoms with Crippen LogP contribution in [-0.4, -0.2) is 4.98 Å². The van der Waals surface area contributed by atoms with Crippen LogP contribution in [0.2, 0.25) is 5.02 Å². The summed E-state index contributed by atoms with van der Waals surface area (Å²) in [7, 11) is 0. The molecule has 1 N–H and O–H groups in total. The second kappa shape index (κ2) is 5.47. The number of nitrogens with zero attached hydrogens (tertiary/aromatic N) is 1. The molecule has 0 aliphatic rings. The second-order valence-electron chi connectivity index (χ2n) is 3.42. The number of rotatable bonds is 3. The molecule has 0 bridgehead atoms. The van der Waals surface area contributed by atoms with E-state index in [2.05, 4.69) is 26.2 Å². The lowest BCUT2D eigenvalue weighted by molar-refractivity contribution is 0.612. The van der Waals surface area contributed by atoms with Crippen LogP contribution >= 0.6 is 27.5 Å². The van der Waals surface area contributed by atoms with Gasteiger partial charge in [0.25, 0.3) is 0 Å². The van der Waals surface area contributed by atoms with Gasteiger partial charge in [-0.2, -0.15) is 0 Å². The molecule has 0 amide bonds. The first-order valence-electron chi connectivity index (χ1n) is 4.95. The van der Waals surface area contributed by atoms with Gasteiger partial charge in [-0.05, 0) is 30.3 Å². The fourth-order valence-electron chi connectivity index (χ4n) is 1.37. The first-order valence-corrected chi connectivity index (χ1v) is 6.12. The van der Waals surface area contributed by atoms with E-state index in [4.69, 9.17) is 11.6 Å². The van der Waals surface area contributed by atoms with Gasteiger partial charge in [-0.15, -0.1) is 0 Å². The molecule has 0 atom stereocenters. The third-order valence-corrected chi connectivity index (χ3v) is 3.01. The lowest BCUT2D eigenvalue weighted by Crippen LogP contribution is -2.03. The lowest BCUT2D eigenvalue weighted by Gasteiger charge is -2.08. The monoisotopic (exact) mass is 314 g/mol. The Morgan fingerprint density at radius 1 is 1.35 bits per heavy atom. The molecular formula is C12H9BrClFN2. The van der Waals surface area contributed by atoms with Gasteiger partial charge in [0, 0.05) is 22.8 Å². The zero-order chi connectivity index (χ0) is 12.3. The number of nitrogens with one attached hydrogen (secondary N) is 1. The highest BCUT2D eigenvalue weighted by molar-refractivity contribution is 9.10. The number of hydrogen-bond acceptors (Lipinski definition) is 2. The summed E-state index contributed by atoms with van der Waals surface area (Å²) in [5, 5.41) is 3.51. The first kappa shape index (κ1) is 12.3. The minimum absolute atomic E-state index is 0.257. The van der Waals surface area contributed by atoms with Crippen LogP contribution in [0.5, 0.6) is 0 Å². The van der Waals surface area contributed by atoms with Crippen molar-refractivity contribution in [1.82, 2.24) is 4.98 Å². The van der Waals surface area contributed by atoms with Crippen LogP contribution in [0.1, 0.15) is 5.56 Å². The van der Waals surface area contributed by atoms with Gasteiger partial charge in [-0.1, -0.05) is 27.5 Å². The van der Waals surface area contributed by atoms with E-state index in [1.54, 1.807) is 30.5 Å². The highest BCUT2D eigenvalue weighted by Gasteiger charge is 2.04. The van der Waals surface area contributed by atoms with Crippen LogP contribution in [-0.2, 0) is 6.54 Å². The van der Waals surface area contributed by atoms with E-state index in [0.717, 1.165) is 4.47 Å². The molecule has 0 radical (unpaired) electrons.